The number of rotatable bonds is 7. The maximum absolute atomic E-state index is 13.3. The number of fused-ring (bicyclic) bond motifs is 2. The molecule has 0 bridgehead atoms. The quantitative estimate of drug-likeness (QED) is 0.187. The standard InChI is InChI=1S/C22H18O8S3/c1-10(2)18(23)16-13-8-6-5-7-12(13)9-14-15(16)17(19(24)11(3)4)21(32(27)28)22(33(29)30)20(14)31(25)26/h5-9H,1,3H2,2,4H3,(H,25,26)(H,27,28)(H,29,30). The van der Waals surface area contributed by atoms with Crippen LogP contribution in [0.2, 0.25) is 0 Å². The molecular formula is C22H18O8S3. The summed E-state index contributed by atoms with van der Waals surface area (Å²) in [5.41, 5.74) is -0.610. The van der Waals surface area contributed by atoms with Crippen LogP contribution in [0.15, 0.2) is 69.3 Å². The molecule has 0 saturated carbocycles. The van der Waals surface area contributed by atoms with E-state index in [-0.39, 0.29) is 27.5 Å². The summed E-state index contributed by atoms with van der Waals surface area (Å²) in [7, 11) is 0. The lowest BCUT2D eigenvalue weighted by Crippen LogP contribution is -2.16. The Bertz CT molecular complexity index is 1490. The van der Waals surface area contributed by atoms with Crippen molar-refractivity contribution in [3.63, 3.8) is 0 Å². The first-order valence-electron chi connectivity index (χ1n) is 9.18. The second kappa shape index (κ2) is 9.29. The summed E-state index contributed by atoms with van der Waals surface area (Å²) in [6.45, 7) is 9.98. The van der Waals surface area contributed by atoms with Gasteiger partial charge in [-0.15, -0.1) is 0 Å². The zero-order chi connectivity index (χ0) is 24.8. The first-order valence-corrected chi connectivity index (χ1v) is 12.5. The first-order chi connectivity index (χ1) is 15.4. The zero-order valence-electron chi connectivity index (χ0n) is 17.4. The second-order valence-corrected chi connectivity index (χ2v) is 9.94. The summed E-state index contributed by atoms with van der Waals surface area (Å²) in [6.07, 6.45) is 0. The molecule has 0 aromatic heterocycles. The number of Topliss-reactive ketones (excluding diaryl/α,β-unsaturated/α-hetero) is 2. The molecule has 0 saturated heterocycles. The first kappa shape index (κ1) is 25.0. The van der Waals surface area contributed by atoms with Crippen LogP contribution in [0.5, 0.6) is 0 Å². The molecule has 3 aromatic rings. The summed E-state index contributed by atoms with van der Waals surface area (Å²) >= 11 is -9.03. The van der Waals surface area contributed by atoms with Gasteiger partial charge < -0.3 is 13.7 Å². The van der Waals surface area contributed by atoms with E-state index in [1.165, 1.54) is 19.9 Å². The van der Waals surface area contributed by atoms with Crippen molar-refractivity contribution >= 4 is 66.4 Å². The van der Waals surface area contributed by atoms with Crippen LogP contribution in [0.3, 0.4) is 0 Å². The third-order valence-corrected chi connectivity index (χ3v) is 7.48. The average Bonchev–Trinajstić information content (AvgIpc) is 2.74. The molecule has 3 unspecified atom stereocenters. The fourth-order valence-corrected chi connectivity index (χ4v) is 6.31. The van der Waals surface area contributed by atoms with Crippen molar-refractivity contribution in [2.24, 2.45) is 0 Å². The molecule has 33 heavy (non-hydrogen) atoms. The van der Waals surface area contributed by atoms with Crippen LogP contribution in [0, 0.1) is 0 Å². The lowest BCUT2D eigenvalue weighted by Gasteiger charge is -2.20. The molecule has 0 radical (unpaired) electrons. The molecule has 0 amide bonds. The highest BCUT2D eigenvalue weighted by atomic mass is 32.2. The van der Waals surface area contributed by atoms with Crippen LogP contribution in [0.25, 0.3) is 21.5 Å². The SMILES string of the molecule is C=C(C)C(=O)c1c(S(=O)O)c(S(=O)O)c(S(=O)O)c2cc3ccccc3c(C(=O)C(=C)C)c12. The normalized spacial score (nSPS) is 14.1. The summed E-state index contributed by atoms with van der Waals surface area (Å²) < 4.78 is 67.0. The number of hydrogen-bond donors (Lipinski definition) is 3. The third-order valence-electron chi connectivity index (χ3n) is 4.94. The molecule has 0 heterocycles. The predicted molar refractivity (Wildman–Crippen MR) is 127 cm³/mol. The van der Waals surface area contributed by atoms with Gasteiger partial charge in [0.05, 0.1) is 15.4 Å². The third kappa shape index (κ3) is 4.19. The number of carbonyl (C=O) groups is 2. The molecule has 0 fully saturated rings. The van der Waals surface area contributed by atoms with E-state index >= 15 is 0 Å². The topological polar surface area (TPSA) is 146 Å². The number of ketones is 2. The Hall–Kier alpha value is -2.67. The van der Waals surface area contributed by atoms with Crippen molar-refractivity contribution in [2.45, 2.75) is 28.5 Å². The van der Waals surface area contributed by atoms with Gasteiger partial charge in [-0.1, -0.05) is 37.4 Å². The highest BCUT2D eigenvalue weighted by Crippen LogP contribution is 2.42. The highest BCUT2D eigenvalue weighted by Gasteiger charge is 2.34. The van der Waals surface area contributed by atoms with Crippen molar-refractivity contribution in [1.82, 2.24) is 0 Å². The number of carbonyl (C=O) groups excluding carboxylic acids is 2. The summed E-state index contributed by atoms with van der Waals surface area (Å²) in [5, 5.41) is 0.438. The van der Waals surface area contributed by atoms with Crippen molar-refractivity contribution in [2.75, 3.05) is 0 Å². The molecule has 3 aromatic carbocycles. The van der Waals surface area contributed by atoms with E-state index in [1.54, 1.807) is 24.3 Å². The average molecular weight is 507 g/mol. The Morgan fingerprint density at radius 2 is 1.21 bits per heavy atom. The molecule has 172 valence electrons. The number of hydrogen-bond acceptors (Lipinski definition) is 5. The number of allylic oxidation sites excluding steroid dienone is 2. The van der Waals surface area contributed by atoms with E-state index in [0.717, 1.165) is 0 Å². The summed E-state index contributed by atoms with van der Waals surface area (Å²) in [4.78, 5) is 24.2. The van der Waals surface area contributed by atoms with Crippen LogP contribution in [0.4, 0.5) is 0 Å². The van der Waals surface area contributed by atoms with Crippen molar-refractivity contribution in [1.29, 1.82) is 0 Å². The molecule has 3 rings (SSSR count). The van der Waals surface area contributed by atoms with Gasteiger partial charge in [0.1, 0.15) is 4.90 Å². The minimum Gasteiger partial charge on any atom is -0.302 e. The minimum absolute atomic E-state index is 0.0783. The summed E-state index contributed by atoms with van der Waals surface area (Å²) in [6, 6.07) is 7.88. The van der Waals surface area contributed by atoms with E-state index in [0.29, 0.717) is 10.8 Å². The Balaban J connectivity index is 2.92. The fourth-order valence-electron chi connectivity index (χ4n) is 3.62. The van der Waals surface area contributed by atoms with E-state index in [4.69, 9.17) is 0 Å². The van der Waals surface area contributed by atoms with Crippen molar-refractivity contribution in [3.8, 4) is 0 Å². The van der Waals surface area contributed by atoms with Gasteiger partial charge in [-0.3, -0.25) is 9.59 Å². The van der Waals surface area contributed by atoms with Gasteiger partial charge in [0, 0.05) is 16.3 Å². The van der Waals surface area contributed by atoms with Gasteiger partial charge in [-0.2, -0.15) is 0 Å². The lowest BCUT2D eigenvalue weighted by atomic mass is 9.87. The molecule has 11 heteroatoms. The molecule has 3 atom stereocenters. The predicted octanol–water partition coefficient (Wildman–Crippen LogP) is 4.25. The maximum Gasteiger partial charge on any atom is 0.190 e. The fraction of sp³-hybridized carbons (Fsp3) is 0.0909. The molecule has 3 N–H and O–H groups in total. The van der Waals surface area contributed by atoms with E-state index < -0.39 is 65.1 Å². The molecular weight excluding hydrogens is 488 g/mol. The molecule has 0 spiro atoms. The second-order valence-electron chi connectivity index (χ2n) is 7.22. The minimum atomic E-state index is -3.05. The van der Waals surface area contributed by atoms with Crippen LogP contribution < -0.4 is 0 Å². The van der Waals surface area contributed by atoms with Gasteiger partial charge in [-0.25, -0.2) is 12.6 Å². The Morgan fingerprint density at radius 3 is 1.70 bits per heavy atom. The van der Waals surface area contributed by atoms with Crippen LogP contribution >= 0.6 is 0 Å². The van der Waals surface area contributed by atoms with Crippen LogP contribution in [0.1, 0.15) is 34.6 Å². The Kier molecular flexibility index (Phi) is 7.03. The Labute approximate surface area is 196 Å². The van der Waals surface area contributed by atoms with Crippen LogP contribution in [-0.2, 0) is 33.2 Å². The molecule has 0 aliphatic carbocycles. The molecule has 0 aliphatic heterocycles. The van der Waals surface area contributed by atoms with E-state index in [1.807, 2.05) is 0 Å². The van der Waals surface area contributed by atoms with Gasteiger partial charge in [0.25, 0.3) is 0 Å². The molecule has 8 nitrogen and oxygen atoms in total. The smallest absolute Gasteiger partial charge is 0.190 e. The maximum atomic E-state index is 13.3. The van der Waals surface area contributed by atoms with Crippen molar-refractivity contribution in [3.05, 3.63) is 65.8 Å². The monoisotopic (exact) mass is 506 g/mol. The number of benzene rings is 3. The largest absolute Gasteiger partial charge is 0.302 e. The van der Waals surface area contributed by atoms with Crippen LogP contribution in [-0.4, -0.2) is 37.9 Å². The zero-order valence-corrected chi connectivity index (χ0v) is 19.9. The van der Waals surface area contributed by atoms with E-state index in [2.05, 4.69) is 13.2 Å². The Morgan fingerprint density at radius 1 is 0.727 bits per heavy atom. The molecule has 0 aliphatic rings. The van der Waals surface area contributed by atoms with Crippen molar-refractivity contribution < 1.29 is 35.9 Å². The van der Waals surface area contributed by atoms with Gasteiger partial charge in [0.15, 0.2) is 44.8 Å². The highest BCUT2D eigenvalue weighted by molar-refractivity contribution is 7.84. The van der Waals surface area contributed by atoms with Gasteiger partial charge in [-0.05, 0) is 41.8 Å². The lowest BCUT2D eigenvalue weighted by molar-refractivity contribution is 0.103. The van der Waals surface area contributed by atoms with Gasteiger partial charge in [0.2, 0.25) is 0 Å². The summed E-state index contributed by atoms with van der Waals surface area (Å²) in [5.74, 6) is -1.49. The van der Waals surface area contributed by atoms with Gasteiger partial charge >= 0.3 is 0 Å². The van der Waals surface area contributed by atoms with E-state index in [9.17, 15) is 35.9 Å².